The van der Waals surface area contributed by atoms with Gasteiger partial charge in [0.1, 0.15) is 6.04 Å². The van der Waals surface area contributed by atoms with Gasteiger partial charge in [-0.3, -0.25) is 4.79 Å². The van der Waals surface area contributed by atoms with Crippen molar-refractivity contribution < 1.29 is 19.8 Å². The highest BCUT2D eigenvalue weighted by molar-refractivity contribution is 5.75. The van der Waals surface area contributed by atoms with Gasteiger partial charge in [0.25, 0.3) is 0 Å². The minimum atomic E-state index is -1.03. The van der Waals surface area contributed by atoms with E-state index in [1.165, 1.54) is 4.90 Å². The Morgan fingerprint density at radius 1 is 1.47 bits per heavy atom. The predicted octanol–water partition coefficient (Wildman–Crippen LogP) is -0.959. The highest BCUT2D eigenvalue weighted by Gasteiger charge is 2.40. The fourth-order valence-electron chi connectivity index (χ4n) is 1.85. The van der Waals surface area contributed by atoms with Gasteiger partial charge in [-0.25, -0.2) is 10.2 Å². The zero-order valence-electron chi connectivity index (χ0n) is 7.80. The number of rotatable bonds is 1. The molecule has 0 aromatic rings. The molecule has 0 bridgehead atoms. The number of carbonyl (C=O) groups is 2. The van der Waals surface area contributed by atoms with E-state index in [0.717, 1.165) is 5.70 Å². The molecule has 2 atom stereocenters. The Kier molecular flexibility index (Phi) is 2.24. The molecule has 7 heteroatoms. The highest BCUT2D eigenvalue weighted by atomic mass is 16.4. The number of carboxylic acids is 1. The fourth-order valence-corrected chi connectivity index (χ4v) is 1.85. The summed E-state index contributed by atoms with van der Waals surface area (Å²) in [5.74, 6) is -1.31. The quantitative estimate of drug-likeness (QED) is 0.447. The van der Waals surface area contributed by atoms with Crippen LogP contribution in [0.15, 0.2) is 11.8 Å². The minimum absolute atomic E-state index is 0.206. The van der Waals surface area contributed by atoms with E-state index in [0.29, 0.717) is 6.54 Å². The second kappa shape index (κ2) is 3.43. The van der Waals surface area contributed by atoms with E-state index < -0.39 is 18.1 Å². The summed E-state index contributed by atoms with van der Waals surface area (Å²) in [6, 6.07) is -0.765. The van der Waals surface area contributed by atoms with Gasteiger partial charge in [-0.15, -0.1) is 0 Å². The Balaban J connectivity index is 2.16. The van der Waals surface area contributed by atoms with Crippen molar-refractivity contribution in [1.29, 1.82) is 0 Å². The lowest BCUT2D eigenvalue weighted by Crippen LogP contribution is -2.44. The maximum Gasteiger partial charge on any atom is 0.407 e. The Morgan fingerprint density at radius 2 is 2.20 bits per heavy atom. The molecule has 0 aromatic heterocycles. The van der Waals surface area contributed by atoms with Crippen molar-refractivity contribution in [3.63, 3.8) is 0 Å². The molecule has 1 saturated heterocycles. The van der Waals surface area contributed by atoms with E-state index in [9.17, 15) is 9.59 Å². The summed E-state index contributed by atoms with van der Waals surface area (Å²) in [5, 5.41) is 17.7. The standard InChI is InChI=1S/C8H11N3O4/c12-7(13)6-4-3-11(8(14)15)2-1-5(4)9-10-6/h1,4,6,9-10H,2-3H2,(H,12,13)(H,14,15). The van der Waals surface area contributed by atoms with Crippen LogP contribution in [-0.4, -0.2) is 46.3 Å². The van der Waals surface area contributed by atoms with Crippen LogP contribution in [0.3, 0.4) is 0 Å². The Labute approximate surface area is 85.3 Å². The molecule has 0 aliphatic carbocycles. The van der Waals surface area contributed by atoms with Crippen molar-refractivity contribution in [2.75, 3.05) is 13.1 Å². The molecule has 7 nitrogen and oxygen atoms in total. The molecule has 2 aliphatic heterocycles. The van der Waals surface area contributed by atoms with Crippen LogP contribution in [-0.2, 0) is 4.79 Å². The molecule has 2 unspecified atom stereocenters. The van der Waals surface area contributed by atoms with E-state index in [-0.39, 0.29) is 12.5 Å². The van der Waals surface area contributed by atoms with Crippen LogP contribution in [0.25, 0.3) is 0 Å². The number of hydrogen-bond acceptors (Lipinski definition) is 4. The first kappa shape index (κ1) is 9.78. The summed E-state index contributed by atoms with van der Waals surface area (Å²) >= 11 is 0. The normalized spacial score (nSPS) is 29.1. The SMILES string of the molecule is O=C(O)C1NNC2=CCN(C(=O)O)CC21. The predicted molar refractivity (Wildman–Crippen MR) is 48.9 cm³/mol. The molecule has 82 valence electrons. The van der Waals surface area contributed by atoms with Gasteiger partial charge >= 0.3 is 12.1 Å². The van der Waals surface area contributed by atoms with Crippen LogP contribution in [0.2, 0.25) is 0 Å². The number of nitrogens with one attached hydrogen (secondary N) is 2. The molecule has 0 saturated carbocycles. The lowest BCUT2D eigenvalue weighted by molar-refractivity contribution is -0.140. The Bertz CT molecular complexity index is 341. The Morgan fingerprint density at radius 3 is 2.80 bits per heavy atom. The van der Waals surface area contributed by atoms with Crippen molar-refractivity contribution in [3.05, 3.63) is 11.8 Å². The van der Waals surface area contributed by atoms with Gasteiger partial charge < -0.3 is 20.5 Å². The van der Waals surface area contributed by atoms with Crippen molar-refractivity contribution >= 4 is 12.1 Å². The number of aliphatic carboxylic acids is 1. The zero-order chi connectivity index (χ0) is 11.0. The summed E-state index contributed by atoms with van der Waals surface area (Å²) in [6.45, 7) is 0.500. The summed E-state index contributed by atoms with van der Waals surface area (Å²) in [7, 11) is 0. The second-order valence-electron chi connectivity index (χ2n) is 3.54. The second-order valence-corrected chi connectivity index (χ2v) is 3.54. The van der Waals surface area contributed by atoms with Gasteiger partial charge in [-0.1, -0.05) is 0 Å². The van der Waals surface area contributed by atoms with Crippen LogP contribution in [0.4, 0.5) is 4.79 Å². The lowest BCUT2D eigenvalue weighted by atomic mass is 9.95. The number of nitrogens with zero attached hydrogens (tertiary/aromatic N) is 1. The van der Waals surface area contributed by atoms with E-state index in [2.05, 4.69) is 10.9 Å². The third-order valence-corrected chi connectivity index (χ3v) is 2.66. The first-order valence-electron chi connectivity index (χ1n) is 4.52. The molecule has 1 amide bonds. The van der Waals surface area contributed by atoms with E-state index >= 15 is 0 Å². The molecule has 0 aromatic carbocycles. The van der Waals surface area contributed by atoms with Crippen molar-refractivity contribution in [2.45, 2.75) is 6.04 Å². The number of amides is 1. The van der Waals surface area contributed by atoms with Crippen molar-refractivity contribution in [2.24, 2.45) is 5.92 Å². The molecule has 1 fully saturated rings. The van der Waals surface area contributed by atoms with Gasteiger partial charge in [0.15, 0.2) is 0 Å². The van der Waals surface area contributed by atoms with Crippen LogP contribution < -0.4 is 10.9 Å². The molecule has 0 radical (unpaired) electrons. The molecule has 2 aliphatic rings. The topological polar surface area (TPSA) is 102 Å². The van der Waals surface area contributed by atoms with Gasteiger partial charge in [0, 0.05) is 24.7 Å². The van der Waals surface area contributed by atoms with Crippen LogP contribution >= 0.6 is 0 Å². The molecule has 15 heavy (non-hydrogen) atoms. The van der Waals surface area contributed by atoms with Gasteiger partial charge in [0.05, 0.1) is 0 Å². The molecule has 4 N–H and O–H groups in total. The molecular formula is C8H11N3O4. The molecule has 2 rings (SSSR count). The Hall–Kier alpha value is -1.76. The summed E-state index contributed by atoms with van der Waals surface area (Å²) in [6.07, 6.45) is 0.666. The highest BCUT2D eigenvalue weighted by Crippen LogP contribution is 2.23. The largest absolute Gasteiger partial charge is 0.480 e. The summed E-state index contributed by atoms with van der Waals surface area (Å²) in [4.78, 5) is 22.8. The van der Waals surface area contributed by atoms with E-state index in [1.807, 2.05) is 0 Å². The first-order valence-corrected chi connectivity index (χ1v) is 4.52. The molecule has 0 spiro atoms. The first-order chi connectivity index (χ1) is 7.09. The maximum atomic E-state index is 10.8. The summed E-state index contributed by atoms with van der Waals surface area (Å²) in [5.41, 5.74) is 6.14. The number of hydrogen-bond donors (Lipinski definition) is 4. The van der Waals surface area contributed by atoms with Gasteiger partial charge in [0.2, 0.25) is 0 Å². The van der Waals surface area contributed by atoms with Crippen LogP contribution in [0.1, 0.15) is 0 Å². The number of carboxylic acid groups (broad SMARTS) is 2. The monoisotopic (exact) mass is 213 g/mol. The minimum Gasteiger partial charge on any atom is -0.480 e. The third kappa shape index (κ3) is 1.61. The van der Waals surface area contributed by atoms with E-state index in [1.54, 1.807) is 6.08 Å². The smallest absolute Gasteiger partial charge is 0.407 e. The average molecular weight is 213 g/mol. The zero-order valence-corrected chi connectivity index (χ0v) is 7.80. The van der Waals surface area contributed by atoms with E-state index in [4.69, 9.17) is 10.2 Å². The van der Waals surface area contributed by atoms with Crippen molar-refractivity contribution in [1.82, 2.24) is 15.8 Å². The van der Waals surface area contributed by atoms with Crippen LogP contribution in [0.5, 0.6) is 0 Å². The fraction of sp³-hybridized carbons (Fsp3) is 0.500. The van der Waals surface area contributed by atoms with Crippen molar-refractivity contribution in [3.8, 4) is 0 Å². The van der Waals surface area contributed by atoms with Crippen LogP contribution in [0, 0.1) is 5.92 Å². The lowest BCUT2D eigenvalue weighted by Gasteiger charge is -2.27. The number of hydrazine groups is 1. The van der Waals surface area contributed by atoms with Gasteiger partial charge in [-0.2, -0.15) is 0 Å². The molecular weight excluding hydrogens is 202 g/mol. The summed E-state index contributed by atoms with van der Waals surface area (Å²) < 4.78 is 0. The maximum absolute atomic E-state index is 10.8. The van der Waals surface area contributed by atoms with Gasteiger partial charge in [-0.05, 0) is 6.08 Å². The third-order valence-electron chi connectivity index (χ3n) is 2.66. The average Bonchev–Trinajstić information content (AvgIpc) is 2.59. The molecule has 2 heterocycles. The number of fused-ring (bicyclic) bond motifs is 1.